The Morgan fingerprint density at radius 2 is 1.61 bits per heavy atom. The summed E-state index contributed by atoms with van der Waals surface area (Å²) in [6, 6.07) is 0. The molecule has 0 heterocycles. The highest BCUT2D eigenvalue weighted by molar-refractivity contribution is 5.68. The normalized spacial score (nSPS) is 11.0. The van der Waals surface area contributed by atoms with E-state index in [1.807, 2.05) is 0 Å². The topological polar surface area (TPSA) is 35.5 Å². The Morgan fingerprint density at radius 3 is 2.33 bits per heavy atom. The van der Waals surface area contributed by atoms with E-state index in [2.05, 4.69) is 30.9 Å². The van der Waals surface area contributed by atoms with Crippen molar-refractivity contribution in [2.45, 2.75) is 71.6 Å². The Labute approximate surface area is 111 Å². The molecule has 0 saturated carbocycles. The van der Waals surface area contributed by atoms with Crippen LogP contribution in [0.3, 0.4) is 0 Å². The zero-order chi connectivity index (χ0) is 13.5. The summed E-state index contributed by atoms with van der Waals surface area (Å²) in [5.74, 6) is -0.254. The fraction of sp³-hybridized carbons (Fsp3) is 0.800. The molecule has 0 aliphatic rings. The predicted octanol–water partition coefficient (Wildman–Crippen LogP) is 4.57. The van der Waals surface area contributed by atoms with Crippen LogP contribution in [0.25, 0.3) is 0 Å². The van der Waals surface area contributed by atoms with Gasteiger partial charge in [-0.1, -0.05) is 51.7 Å². The van der Waals surface area contributed by atoms with Crippen LogP contribution in [0.5, 0.6) is 0 Å². The van der Waals surface area contributed by atoms with Crippen LogP contribution >= 0.6 is 0 Å². The molecule has 0 aliphatic heterocycles. The molecule has 0 saturated heterocycles. The Balaban J connectivity index is 3.21. The first-order chi connectivity index (χ1) is 8.81. The van der Waals surface area contributed by atoms with E-state index in [1.54, 1.807) is 0 Å². The first-order valence-corrected chi connectivity index (χ1v) is 7.28. The van der Waals surface area contributed by atoms with Gasteiger partial charge >= 0.3 is 5.97 Å². The molecule has 3 heteroatoms. The molecule has 106 valence electrons. The van der Waals surface area contributed by atoms with E-state index < -0.39 is 0 Å². The summed E-state index contributed by atoms with van der Waals surface area (Å²) in [5.41, 5.74) is 0. The molecule has 0 rings (SSSR count). The Hall–Kier alpha value is -0.830. The van der Waals surface area contributed by atoms with Crippen molar-refractivity contribution in [2.75, 3.05) is 6.61 Å². The Bertz CT molecular complexity index is 212. The molecule has 0 aromatic carbocycles. The summed E-state index contributed by atoms with van der Waals surface area (Å²) in [5, 5.41) is 0. The van der Waals surface area contributed by atoms with Crippen LogP contribution in [0.4, 0.5) is 0 Å². The van der Waals surface area contributed by atoms with E-state index in [4.69, 9.17) is 4.89 Å². The van der Waals surface area contributed by atoms with Gasteiger partial charge in [0.15, 0.2) is 0 Å². The maximum Gasteiger partial charge on any atom is 0.342 e. The molecule has 0 aromatic rings. The first kappa shape index (κ1) is 17.2. The SMILES string of the molecule is CCCCC/C=C\CCOOC(=O)CCCCC. The minimum Gasteiger partial charge on any atom is -0.298 e. The maximum absolute atomic E-state index is 11.2. The second-order valence-electron chi connectivity index (χ2n) is 4.49. The van der Waals surface area contributed by atoms with Crippen LogP contribution in [0.1, 0.15) is 71.6 Å². The largest absolute Gasteiger partial charge is 0.342 e. The number of hydrogen-bond donors (Lipinski definition) is 0. The highest BCUT2D eigenvalue weighted by Crippen LogP contribution is 2.02. The molecule has 3 nitrogen and oxygen atoms in total. The fourth-order valence-corrected chi connectivity index (χ4v) is 1.53. The lowest BCUT2D eigenvalue weighted by Crippen LogP contribution is -2.05. The first-order valence-electron chi connectivity index (χ1n) is 7.28. The smallest absolute Gasteiger partial charge is 0.298 e. The van der Waals surface area contributed by atoms with Crippen molar-refractivity contribution in [3.8, 4) is 0 Å². The number of carbonyl (C=O) groups excluding carboxylic acids is 1. The number of allylic oxidation sites excluding steroid dienone is 1. The molecule has 0 radical (unpaired) electrons. The summed E-state index contributed by atoms with van der Waals surface area (Å²) in [4.78, 5) is 20.7. The predicted molar refractivity (Wildman–Crippen MR) is 74.1 cm³/mol. The van der Waals surface area contributed by atoms with Crippen LogP contribution in [0.2, 0.25) is 0 Å². The van der Waals surface area contributed by atoms with Crippen molar-refractivity contribution < 1.29 is 14.6 Å². The van der Waals surface area contributed by atoms with Gasteiger partial charge in [-0.15, -0.1) is 0 Å². The molecular formula is C15H28O3. The van der Waals surface area contributed by atoms with Gasteiger partial charge in [0.2, 0.25) is 0 Å². The zero-order valence-corrected chi connectivity index (χ0v) is 12.0. The van der Waals surface area contributed by atoms with Gasteiger partial charge < -0.3 is 0 Å². The lowest BCUT2D eigenvalue weighted by atomic mass is 10.2. The highest BCUT2D eigenvalue weighted by Gasteiger charge is 2.02. The van der Waals surface area contributed by atoms with E-state index in [-0.39, 0.29) is 5.97 Å². The second-order valence-corrected chi connectivity index (χ2v) is 4.49. The monoisotopic (exact) mass is 256 g/mol. The van der Waals surface area contributed by atoms with Crippen LogP contribution < -0.4 is 0 Å². The van der Waals surface area contributed by atoms with E-state index in [0.717, 1.165) is 32.1 Å². The van der Waals surface area contributed by atoms with Gasteiger partial charge in [0.05, 0.1) is 6.61 Å². The molecule has 0 bridgehead atoms. The van der Waals surface area contributed by atoms with Crippen molar-refractivity contribution in [1.82, 2.24) is 0 Å². The number of carbonyl (C=O) groups is 1. The number of hydrogen-bond acceptors (Lipinski definition) is 3. The van der Waals surface area contributed by atoms with E-state index >= 15 is 0 Å². The van der Waals surface area contributed by atoms with Gasteiger partial charge in [0, 0.05) is 6.42 Å². The molecule has 0 fully saturated rings. The molecular weight excluding hydrogens is 228 g/mol. The summed E-state index contributed by atoms with van der Waals surface area (Å²) >= 11 is 0. The number of rotatable bonds is 12. The quantitative estimate of drug-likeness (QED) is 0.222. The van der Waals surface area contributed by atoms with Crippen LogP contribution in [-0.4, -0.2) is 12.6 Å². The summed E-state index contributed by atoms with van der Waals surface area (Å²) in [6.45, 7) is 4.75. The fourth-order valence-electron chi connectivity index (χ4n) is 1.53. The second kappa shape index (κ2) is 14.2. The van der Waals surface area contributed by atoms with E-state index in [0.29, 0.717) is 13.0 Å². The van der Waals surface area contributed by atoms with Gasteiger partial charge in [-0.25, -0.2) is 4.79 Å². The van der Waals surface area contributed by atoms with Gasteiger partial charge in [-0.05, 0) is 25.7 Å². The Morgan fingerprint density at radius 1 is 0.944 bits per heavy atom. The minimum atomic E-state index is -0.254. The lowest BCUT2D eigenvalue weighted by Gasteiger charge is -2.01. The molecule has 0 amide bonds. The van der Waals surface area contributed by atoms with E-state index in [9.17, 15) is 4.79 Å². The lowest BCUT2D eigenvalue weighted by molar-refractivity contribution is -0.271. The average molecular weight is 256 g/mol. The van der Waals surface area contributed by atoms with Gasteiger partial charge in [0.1, 0.15) is 0 Å². The van der Waals surface area contributed by atoms with Crippen molar-refractivity contribution in [3.63, 3.8) is 0 Å². The molecule has 0 unspecified atom stereocenters. The average Bonchev–Trinajstić information content (AvgIpc) is 2.37. The van der Waals surface area contributed by atoms with Crippen molar-refractivity contribution in [1.29, 1.82) is 0 Å². The third kappa shape index (κ3) is 13.2. The molecule has 0 aromatic heterocycles. The standard InChI is InChI=1S/C15H28O3/c1-3-5-7-8-9-10-12-14-17-18-15(16)13-11-6-4-2/h9-10H,3-8,11-14H2,1-2H3/b10-9-. The third-order valence-electron chi connectivity index (χ3n) is 2.65. The minimum absolute atomic E-state index is 0.254. The molecule has 0 spiro atoms. The van der Waals surface area contributed by atoms with Crippen LogP contribution in [0.15, 0.2) is 12.2 Å². The van der Waals surface area contributed by atoms with Crippen molar-refractivity contribution >= 4 is 5.97 Å². The van der Waals surface area contributed by atoms with Crippen LogP contribution in [0, 0.1) is 0 Å². The molecule has 0 aliphatic carbocycles. The summed E-state index contributed by atoms with van der Waals surface area (Å²) in [6.07, 6.45) is 13.5. The molecule has 0 N–H and O–H groups in total. The van der Waals surface area contributed by atoms with Crippen LogP contribution in [-0.2, 0) is 14.6 Å². The third-order valence-corrected chi connectivity index (χ3v) is 2.65. The van der Waals surface area contributed by atoms with Gasteiger partial charge in [-0.3, -0.25) is 4.89 Å². The number of unbranched alkanes of at least 4 members (excludes halogenated alkanes) is 5. The summed E-state index contributed by atoms with van der Waals surface area (Å²) < 4.78 is 0. The molecule has 0 atom stereocenters. The van der Waals surface area contributed by atoms with Crippen molar-refractivity contribution in [3.05, 3.63) is 12.2 Å². The van der Waals surface area contributed by atoms with E-state index in [1.165, 1.54) is 19.3 Å². The summed E-state index contributed by atoms with van der Waals surface area (Å²) in [7, 11) is 0. The van der Waals surface area contributed by atoms with Gasteiger partial charge in [-0.2, -0.15) is 4.89 Å². The maximum atomic E-state index is 11.2. The van der Waals surface area contributed by atoms with Gasteiger partial charge in [0.25, 0.3) is 0 Å². The highest BCUT2D eigenvalue weighted by atomic mass is 17.2. The Kier molecular flexibility index (Phi) is 13.6. The molecule has 18 heavy (non-hydrogen) atoms. The van der Waals surface area contributed by atoms with Crippen molar-refractivity contribution in [2.24, 2.45) is 0 Å². The zero-order valence-electron chi connectivity index (χ0n) is 12.0.